The Kier molecular flexibility index (Phi) is 3.53. The summed E-state index contributed by atoms with van der Waals surface area (Å²) < 4.78 is 0. The van der Waals surface area contributed by atoms with Crippen molar-refractivity contribution in [3.05, 3.63) is 0 Å². The summed E-state index contributed by atoms with van der Waals surface area (Å²) in [6.45, 7) is 10.3. The molecule has 0 spiro atoms. The number of likely N-dealkylation sites (tertiary alicyclic amines) is 1. The maximum absolute atomic E-state index is 5.77. The van der Waals surface area contributed by atoms with Gasteiger partial charge in [0.25, 0.3) is 0 Å². The molecule has 1 aliphatic rings. The molecule has 2 N–H and O–H groups in total. The van der Waals surface area contributed by atoms with Gasteiger partial charge >= 0.3 is 0 Å². The number of rotatable bonds is 2. The van der Waals surface area contributed by atoms with Crippen LogP contribution in [-0.2, 0) is 0 Å². The number of nitrogens with two attached hydrogens (primary N) is 1. The quantitative estimate of drug-likeness (QED) is 0.677. The van der Waals surface area contributed by atoms with Crippen molar-refractivity contribution in [3.63, 3.8) is 0 Å². The number of piperidine rings is 1. The molecular weight excluding hydrogens is 148 g/mol. The van der Waals surface area contributed by atoms with Crippen molar-refractivity contribution >= 4 is 0 Å². The minimum Gasteiger partial charge on any atom is -0.327 e. The SMILES string of the molecule is CC(N)CN1CC(C)CC(C)C1. The van der Waals surface area contributed by atoms with Crippen LogP contribution < -0.4 is 5.73 Å². The predicted molar refractivity (Wildman–Crippen MR) is 53.0 cm³/mol. The summed E-state index contributed by atoms with van der Waals surface area (Å²) in [5.74, 6) is 1.71. The predicted octanol–water partition coefficient (Wildman–Crippen LogP) is 1.31. The molecule has 0 aromatic carbocycles. The van der Waals surface area contributed by atoms with Gasteiger partial charge < -0.3 is 10.6 Å². The highest BCUT2D eigenvalue weighted by Crippen LogP contribution is 2.20. The first-order chi connectivity index (χ1) is 5.58. The van der Waals surface area contributed by atoms with Crippen LogP contribution in [-0.4, -0.2) is 30.6 Å². The fourth-order valence-corrected chi connectivity index (χ4v) is 2.35. The van der Waals surface area contributed by atoms with E-state index in [-0.39, 0.29) is 0 Å². The van der Waals surface area contributed by atoms with Crippen LogP contribution in [0.15, 0.2) is 0 Å². The summed E-state index contributed by atoms with van der Waals surface area (Å²) in [4.78, 5) is 2.50. The fraction of sp³-hybridized carbons (Fsp3) is 1.00. The van der Waals surface area contributed by atoms with Gasteiger partial charge in [-0.05, 0) is 25.2 Å². The van der Waals surface area contributed by atoms with E-state index in [4.69, 9.17) is 5.73 Å². The minimum absolute atomic E-state index is 0.322. The molecule has 3 unspecified atom stereocenters. The monoisotopic (exact) mass is 170 g/mol. The molecule has 1 heterocycles. The smallest absolute Gasteiger partial charge is 0.0139 e. The number of nitrogens with zero attached hydrogens (tertiary/aromatic N) is 1. The molecular formula is C10H22N2. The Bertz CT molecular complexity index is 121. The molecule has 1 rings (SSSR count). The second-order valence-electron chi connectivity index (χ2n) is 4.64. The maximum atomic E-state index is 5.77. The second-order valence-corrected chi connectivity index (χ2v) is 4.64. The van der Waals surface area contributed by atoms with Gasteiger partial charge in [-0.15, -0.1) is 0 Å². The standard InChI is InChI=1S/C10H22N2/c1-8-4-9(2)6-12(5-8)7-10(3)11/h8-10H,4-7,11H2,1-3H3. The Morgan fingerprint density at radius 3 is 2.25 bits per heavy atom. The molecule has 0 radical (unpaired) electrons. The van der Waals surface area contributed by atoms with Crippen LogP contribution in [0.1, 0.15) is 27.2 Å². The summed E-state index contributed by atoms with van der Waals surface area (Å²) in [6, 6.07) is 0.322. The van der Waals surface area contributed by atoms with E-state index >= 15 is 0 Å². The fourth-order valence-electron chi connectivity index (χ4n) is 2.35. The number of hydrogen-bond donors (Lipinski definition) is 1. The molecule has 72 valence electrons. The van der Waals surface area contributed by atoms with Crippen molar-refractivity contribution in [2.75, 3.05) is 19.6 Å². The lowest BCUT2D eigenvalue weighted by molar-refractivity contribution is 0.136. The van der Waals surface area contributed by atoms with E-state index in [1.165, 1.54) is 19.5 Å². The normalized spacial score (nSPS) is 35.0. The van der Waals surface area contributed by atoms with Gasteiger partial charge in [-0.25, -0.2) is 0 Å². The Morgan fingerprint density at radius 1 is 1.33 bits per heavy atom. The lowest BCUT2D eigenvalue weighted by Gasteiger charge is -2.35. The van der Waals surface area contributed by atoms with Gasteiger partial charge in [-0.3, -0.25) is 0 Å². The highest BCUT2D eigenvalue weighted by molar-refractivity contribution is 4.76. The van der Waals surface area contributed by atoms with E-state index in [1.807, 2.05) is 0 Å². The third-order valence-electron chi connectivity index (χ3n) is 2.49. The molecule has 12 heavy (non-hydrogen) atoms. The van der Waals surface area contributed by atoms with E-state index in [2.05, 4.69) is 25.7 Å². The lowest BCUT2D eigenvalue weighted by atomic mass is 9.92. The van der Waals surface area contributed by atoms with Gasteiger partial charge in [0.15, 0.2) is 0 Å². The van der Waals surface area contributed by atoms with E-state index in [9.17, 15) is 0 Å². The van der Waals surface area contributed by atoms with E-state index in [0.717, 1.165) is 18.4 Å². The highest BCUT2D eigenvalue weighted by Gasteiger charge is 2.21. The van der Waals surface area contributed by atoms with Crippen molar-refractivity contribution in [2.24, 2.45) is 17.6 Å². The maximum Gasteiger partial charge on any atom is 0.0139 e. The van der Waals surface area contributed by atoms with E-state index in [0.29, 0.717) is 6.04 Å². The van der Waals surface area contributed by atoms with Crippen LogP contribution in [0.3, 0.4) is 0 Å². The third-order valence-corrected chi connectivity index (χ3v) is 2.49. The summed E-state index contributed by atoms with van der Waals surface area (Å²) in [6.07, 6.45) is 1.38. The van der Waals surface area contributed by atoms with E-state index in [1.54, 1.807) is 0 Å². The summed E-state index contributed by atoms with van der Waals surface area (Å²) in [7, 11) is 0. The van der Waals surface area contributed by atoms with Crippen LogP contribution in [0.4, 0.5) is 0 Å². The zero-order valence-electron chi connectivity index (χ0n) is 8.59. The molecule has 0 aromatic rings. The molecule has 3 atom stereocenters. The summed E-state index contributed by atoms with van der Waals surface area (Å²) in [5, 5.41) is 0. The Labute approximate surface area is 76.1 Å². The first-order valence-electron chi connectivity index (χ1n) is 5.06. The van der Waals surface area contributed by atoms with Crippen LogP contribution in [0.25, 0.3) is 0 Å². The Hall–Kier alpha value is -0.0800. The van der Waals surface area contributed by atoms with Gasteiger partial charge in [0.1, 0.15) is 0 Å². The van der Waals surface area contributed by atoms with Gasteiger partial charge in [-0.2, -0.15) is 0 Å². The Morgan fingerprint density at radius 2 is 1.83 bits per heavy atom. The molecule has 0 amide bonds. The molecule has 1 aliphatic heterocycles. The minimum atomic E-state index is 0.322. The van der Waals surface area contributed by atoms with Crippen LogP contribution in [0.2, 0.25) is 0 Å². The van der Waals surface area contributed by atoms with Crippen molar-refractivity contribution in [1.82, 2.24) is 4.90 Å². The van der Waals surface area contributed by atoms with Gasteiger partial charge in [0, 0.05) is 25.7 Å². The zero-order valence-corrected chi connectivity index (χ0v) is 8.59. The van der Waals surface area contributed by atoms with Gasteiger partial charge in [0.05, 0.1) is 0 Å². The van der Waals surface area contributed by atoms with Gasteiger partial charge in [-0.1, -0.05) is 13.8 Å². The lowest BCUT2D eigenvalue weighted by Crippen LogP contribution is -2.44. The molecule has 0 saturated carbocycles. The van der Waals surface area contributed by atoms with Crippen LogP contribution >= 0.6 is 0 Å². The van der Waals surface area contributed by atoms with Gasteiger partial charge in [0.2, 0.25) is 0 Å². The second kappa shape index (κ2) is 4.24. The van der Waals surface area contributed by atoms with Crippen LogP contribution in [0.5, 0.6) is 0 Å². The molecule has 2 heteroatoms. The zero-order chi connectivity index (χ0) is 9.14. The van der Waals surface area contributed by atoms with Crippen molar-refractivity contribution in [2.45, 2.75) is 33.2 Å². The summed E-state index contributed by atoms with van der Waals surface area (Å²) >= 11 is 0. The topological polar surface area (TPSA) is 29.3 Å². The molecule has 1 saturated heterocycles. The first-order valence-corrected chi connectivity index (χ1v) is 5.06. The van der Waals surface area contributed by atoms with Crippen molar-refractivity contribution in [3.8, 4) is 0 Å². The van der Waals surface area contributed by atoms with Crippen LogP contribution in [0, 0.1) is 11.8 Å². The van der Waals surface area contributed by atoms with Crippen molar-refractivity contribution < 1.29 is 0 Å². The molecule has 0 aromatic heterocycles. The average Bonchev–Trinajstić information content (AvgIpc) is 1.81. The molecule has 1 fully saturated rings. The third kappa shape index (κ3) is 3.11. The molecule has 0 bridgehead atoms. The molecule has 0 aliphatic carbocycles. The van der Waals surface area contributed by atoms with E-state index < -0.39 is 0 Å². The largest absolute Gasteiger partial charge is 0.327 e. The highest BCUT2D eigenvalue weighted by atomic mass is 15.1. The average molecular weight is 170 g/mol. The summed E-state index contributed by atoms with van der Waals surface area (Å²) in [5.41, 5.74) is 5.77. The number of hydrogen-bond acceptors (Lipinski definition) is 2. The first kappa shape index (κ1) is 10.0. The van der Waals surface area contributed by atoms with Crippen molar-refractivity contribution in [1.29, 1.82) is 0 Å². The molecule has 2 nitrogen and oxygen atoms in total. The Balaban J connectivity index is 2.34.